The molecule has 19 heavy (non-hydrogen) atoms. The van der Waals surface area contributed by atoms with E-state index in [2.05, 4.69) is 29.8 Å². The summed E-state index contributed by atoms with van der Waals surface area (Å²) in [5.41, 5.74) is 1.16. The van der Waals surface area contributed by atoms with Gasteiger partial charge in [0.1, 0.15) is 6.61 Å². The molecule has 1 saturated carbocycles. The van der Waals surface area contributed by atoms with E-state index in [0.717, 1.165) is 22.9 Å². The van der Waals surface area contributed by atoms with Gasteiger partial charge in [-0.3, -0.25) is 4.79 Å². The second-order valence-electron chi connectivity index (χ2n) is 6.10. The normalized spacial score (nSPS) is 19.3. The number of halogens is 1. The Labute approximate surface area is 123 Å². The van der Waals surface area contributed by atoms with Gasteiger partial charge in [0.05, 0.1) is 6.10 Å². The van der Waals surface area contributed by atoms with E-state index in [1.54, 1.807) is 0 Å². The molecule has 1 fully saturated rings. The van der Waals surface area contributed by atoms with E-state index in [1.165, 1.54) is 12.8 Å². The van der Waals surface area contributed by atoms with Crippen LogP contribution in [-0.2, 0) is 4.74 Å². The first-order valence-corrected chi connectivity index (χ1v) is 7.66. The van der Waals surface area contributed by atoms with E-state index < -0.39 is 0 Å². The van der Waals surface area contributed by atoms with Crippen molar-refractivity contribution in [3.63, 3.8) is 0 Å². The van der Waals surface area contributed by atoms with Crippen molar-refractivity contribution in [3.8, 4) is 0 Å². The summed E-state index contributed by atoms with van der Waals surface area (Å²) in [5.74, 6) is 0.0670. The van der Waals surface area contributed by atoms with Crippen LogP contribution in [0.2, 0.25) is 0 Å². The maximum absolute atomic E-state index is 12.0. The molecule has 0 aromatic heterocycles. The Balaban J connectivity index is 1.80. The molecule has 0 spiro atoms. The highest BCUT2D eigenvalue weighted by Gasteiger charge is 2.27. The van der Waals surface area contributed by atoms with Crippen molar-refractivity contribution in [2.75, 3.05) is 6.61 Å². The molecule has 0 bridgehead atoms. The maximum atomic E-state index is 12.0. The molecule has 0 atom stereocenters. The highest BCUT2D eigenvalue weighted by Crippen LogP contribution is 2.36. The SMILES string of the molecule is CC1(C)CCC(OCC(=O)c2ccc(Br)cc2)CC1. The van der Waals surface area contributed by atoms with Gasteiger partial charge in [-0.25, -0.2) is 0 Å². The lowest BCUT2D eigenvalue weighted by atomic mass is 9.76. The Hall–Kier alpha value is -0.670. The Morgan fingerprint density at radius 1 is 1.26 bits per heavy atom. The predicted octanol–water partition coefficient (Wildman–Crippen LogP) is 4.62. The Kier molecular flexibility index (Phi) is 4.80. The molecule has 1 aromatic rings. The van der Waals surface area contributed by atoms with E-state index in [4.69, 9.17) is 4.74 Å². The van der Waals surface area contributed by atoms with Crippen molar-refractivity contribution >= 4 is 21.7 Å². The second kappa shape index (κ2) is 6.19. The van der Waals surface area contributed by atoms with Crippen LogP contribution in [0.3, 0.4) is 0 Å². The van der Waals surface area contributed by atoms with Crippen LogP contribution < -0.4 is 0 Å². The van der Waals surface area contributed by atoms with Crippen molar-refractivity contribution in [2.24, 2.45) is 5.41 Å². The van der Waals surface area contributed by atoms with Crippen LogP contribution in [0.5, 0.6) is 0 Å². The minimum absolute atomic E-state index is 0.0670. The summed E-state index contributed by atoms with van der Waals surface area (Å²) in [4.78, 5) is 12.0. The average Bonchev–Trinajstić information content (AvgIpc) is 2.38. The summed E-state index contributed by atoms with van der Waals surface area (Å²) in [6.45, 7) is 4.80. The van der Waals surface area contributed by atoms with Crippen molar-refractivity contribution < 1.29 is 9.53 Å². The van der Waals surface area contributed by atoms with E-state index in [-0.39, 0.29) is 18.5 Å². The zero-order valence-electron chi connectivity index (χ0n) is 11.6. The number of hydrogen-bond donors (Lipinski definition) is 0. The lowest BCUT2D eigenvalue weighted by Gasteiger charge is -2.34. The predicted molar refractivity (Wildman–Crippen MR) is 80.5 cm³/mol. The van der Waals surface area contributed by atoms with Crippen molar-refractivity contribution in [2.45, 2.75) is 45.6 Å². The first kappa shape index (κ1) is 14.7. The average molecular weight is 325 g/mol. The molecule has 0 heterocycles. The third-order valence-corrected chi connectivity index (χ3v) is 4.43. The Bertz CT molecular complexity index is 427. The van der Waals surface area contributed by atoms with Gasteiger partial charge in [-0.15, -0.1) is 0 Å². The van der Waals surface area contributed by atoms with Crippen LogP contribution in [0.1, 0.15) is 49.9 Å². The number of Topliss-reactive ketones (excluding diaryl/α,β-unsaturated/α-hetero) is 1. The summed E-state index contributed by atoms with van der Waals surface area (Å²) in [7, 11) is 0. The summed E-state index contributed by atoms with van der Waals surface area (Å²) in [5, 5.41) is 0. The molecule has 0 radical (unpaired) electrons. The molecule has 1 aromatic carbocycles. The second-order valence-corrected chi connectivity index (χ2v) is 7.02. The topological polar surface area (TPSA) is 26.3 Å². The first-order valence-electron chi connectivity index (χ1n) is 6.87. The van der Waals surface area contributed by atoms with Crippen molar-refractivity contribution in [3.05, 3.63) is 34.3 Å². The van der Waals surface area contributed by atoms with Gasteiger partial charge in [0.25, 0.3) is 0 Å². The molecule has 0 saturated heterocycles. The van der Waals surface area contributed by atoms with Crippen molar-refractivity contribution in [1.29, 1.82) is 0 Å². The molecule has 0 aliphatic heterocycles. The number of ketones is 1. The molecule has 3 heteroatoms. The number of carbonyl (C=O) groups is 1. The van der Waals surface area contributed by atoms with Gasteiger partial charge < -0.3 is 4.74 Å². The quantitative estimate of drug-likeness (QED) is 0.755. The minimum atomic E-state index is 0.0670. The largest absolute Gasteiger partial charge is 0.370 e. The number of ether oxygens (including phenoxy) is 1. The van der Waals surface area contributed by atoms with Gasteiger partial charge in [-0.2, -0.15) is 0 Å². The zero-order valence-corrected chi connectivity index (χ0v) is 13.2. The molecule has 1 aliphatic carbocycles. The molecule has 1 aliphatic rings. The minimum Gasteiger partial charge on any atom is -0.370 e. The molecule has 2 rings (SSSR count). The fourth-order valence-corrected chi connectivity index (χ4v) is 2.72. The lowest BCUT2D eigenvalue weighted by Crippen LogP contribution is -2.28. The molecule has 2 nitrogen and oxygen atoms in total. The van der Waals surface area contributed by atoms with Gasteiger partial charge in [-0.1, -0.05) is 41.9 Å². The summed E-state index contributed by atoms with van der Waals surface area (Å²) in [6, 6.07) is 7.44. The molecule has 0 N–H and O–H groups in total. The highest BCUT2D eigenvalue weighted by atomic mass is 79.9. The summed E-state index contributed by atoms with van der Waals surface area (Å²) >= 11 is 3.36. The number of rotatable bonds is 4. The molecular weight excluding hydrogens is 304 g/mol. The number of carbonyl (C=O) groups excluding carboxylic acids is 1. The zero-order chi connectivity index (χ0) is 13.9. The fourth-order valence-electron chi connectivity index (χ4n) is 2.45. The Morgan fingerprint density at radius 3 is 2.42 bits per heavy atom. The number of benzene rings is 1. The van der Waals surface area contributed by atoms with E-state index in [1.807, 2.05) is 24.3 Å². The summed E-state index contributed by atoms with van der Waals surface area (Å²) < 4.78 is 6.75. The first-order chi connectivity index (χ1) is 8.96. The van der Waals surface area contributed by atoms with Crippen LogP contribution in [0.15, 0.2) is 28.7 Å². The number of hydrogen-bond acceptors (Lipinski definition) is 2. The summed E-state index contributed by atoms with van der Waals surface area (Å²) in [6.07, 6.45) is 4.77. The third-order valence-electron chi connectivity index (χ3n) is 3.90. The van der Waals surface area contributed by atoms with Crippen LogP contribution in [-0.4, -0.2) is 18.5 Å². The smallest absolute Gasteiger partial charge is 0.188 e. The highest BCUT2D eigenvalue weighted by molar-refractivity contribution is 9.10. The third kappa shape index (κ3) is 4.43. The van der Waals surface area contributed by atoms with Gasteiger partial charge in [0, 0.05) is 10.0 Å². The van der Waals surface area contributed by atoms with Crippen LogP contribution in [0.4, 0.5) is 0 Å². The molecular formula is C16H21BrO2. The molecule has 104 valence electrons. The van der Waals surface area contributed by atoms with Crippen LogP contribution in [0, 0.1) is 5.41 Å². The van der Waals surface area contributed by atoms with E-state index in [0.29, 0.717) is 5.41 Å². The standard InChI is InChI=1S/C16H21BrO2/c1-16(2)9-7-14(8-10-16)19-11-15(18)12-3-5-13(17)6-4-12/h3-6,14H,7-11H2,1-2H3. The van der Waals surface area contributed by atoms with Crippen LogP contribution in [0.25, 0.3) is 0 Å². The van der Waals surface area contributed by atoms with E-state index in [9.17, 15) is 4.79 Å². The van der Waals surface area contributed by atoms with Gasteiger partial charge in [-0.05, 0) is 43.2 Å². The van der Waals surface area contributed by atoms with Gasteiger partial charge in [0.2, 0.25) is 0 Å². The maximum Gasteiger partial charge on any atom is 0.188 e. The Morgan fingerprint density at radius 2 is 1.84 bits per heavy atom. The van der Waals surface area contributed by atoms with E-state index >= 15 is 0 Å². The van der Waals surface area contributed by atoms with Crippen molar-refractivity contribution in [1.82, 2.24) is 0 Å². The lowest BCUT2D eigenvalue weighted by molar-refractivity contribution is 0.00862. The monoisotopic (exact) mass is 324 g/mol. The molecule has 0 unspecified atom stereocenters. The fraction of sp³-hybridized carbons (Fsp3) is 0.562. The van der Waals surface area contributed by atoms with Crippen LogP contribution >= 0.6 is 15.9 Å². The molecule has 0 amide bonds. The van der Waals surface area contributed by atoms with Gasteiger partial charge in [0.15, 0.2) is 5.78 Å². The van der Waals surface area contributed by atoms with Gasteiger partial charge >= 0.3 is 0 Å².